The van der Waals surface area contributed by atoms with Crippen LogP contribution in [0.5, 0.6) is 0 Å². The molecule has 0 spiro atoms. The standard InChI is InChI=1S/C15H16N4O/c1-11(20)13-16-14(12-7-3-2-4-8-12)18-15(17-13)19-9-5-6-10-19/h2-4,7-8H,5-6,9-10H2,1H3. The van der Waals surface area contributed by atoms with Gasteiger partial charge in [0.05, 0.1) is 0 Å². The van der Waals surface area contributed by atoms with Crippen molar-refractivity contribution in [3.8, 4) is 11.4 Å². The van der Waals surface area contributed by atoms with Crippen LogP contribution in [0.25, 0.3) is 11.4 Å². The van der Waals surface area contributed by atoms with Crippen molar-refractivity contribution in [2.75, 3.05) is 18.0 Å². The van der Waals surface area contributed by atoms with Crippen LogP contribution in [0.4, 0.5) is 5.95 Å². The number of Topliss-reactive ketones (excluding diaryl/α,β-unsaturated/α-hetero) is 1. The van der Waals surface area contributed by atoms with Crippen molar-refractivity contribution in [1.29, 1.82) is 0 Å². The van der Waals surface area contributed by atoms with Crippen molar-refractivity contribution in [3.63, 3.8) is 0 Å². The number of anilines is 1. The minimum Gasteiger partial charge on any atom is -0.341 e. The first-order chi connectivity index (χ1) is 9.74. The summed E-state index contributed by atoms with van der Waals surface area (Å²) in [6, 6.07) is 9.68. The highest BCUT2D eigenvalue weighted by Gasteiger charge is 2.19. The Morgan fingerprint density at radius 1 is 1.05 bits per heavy atom. The molecule has 2 aromatic rings. The van der Waals surface area contributed by atoms with E-state index in [1.165, 1.54) is 6.92 Å². The van der Waals surface area contributed by atoms with E-state index in [0.29, 0.717) is 11.8 Å². The van der Waals surface area contributed by atoms with Gasteiger partial charge in [-0.2, -0.15) is 9.97 Å². The lowest BCUT2D eigenvalue weighted by Crippen LogP contribution is -2.22. The fourth-order valence-corrected chi connectivity index (χ4v) is 2.30. The third-order valence-corrected chi connectivity index (χ3v) is 3.36. The number of nitrogens with zero attached hydrogens (tertiary/aromatic N) is 4. The summed E-state index contributed by atoms with van der Waals surface area (Å²) in [7, 11) is 0. The molecule has 1 aliphatic rings. The van der Waals surface area contributed by atoms with Crippen LogP contribution in [0, 0.1) is 0 Å². The Labute approximate surface area is 117 Å². The minimum absolute atomic E-state index is 0.134. The normalized spacial score (nSPS) is 14.6. The fraction of sp³-hybridized carbons (Fsp3) is 0.333. The van der Waals surface area contributed by atoms with Gasteiger partial charge in [0.15, 0.2) is 11.6 Å². The second-order valence-corrected chi connectivity index (χ2v) is 4.90. The van der Waals surface area contributed by atoms with Crippen LogP contribution in [-0.4, -0.2) is 33.8 Å². The zero-order valence-corrected chi connectivity index (χ0v) is 11.4. The van der Waals surface area contributed by atoms with E-state index in [9.17, 15) is 4.79 Å². The summed E-state index contributed by atoms with van der Waals surface area (Å²) in [5, 5.41) is 0. The molecule has 1 aromatic carbocycles. The minimum atomic E-state index is -0.134. The van der Waals surface area contributed by atoms with E-state index in [1.807, 2.05) is 30.3 Å². The first-order valence-corrected chi connectivity index (χ1v) is 6.81. The zero-order valence-electron chi connectivity index (χ0n) is 11.4. The number of benzene rings is 1. The van der Waals surface area contributed by atoms with Crippen molar-refractivity contribution in [2.45, 2.75) is 19.8 Å². The second kappa shape index (κ2) is 5.36. The lowest BCUT2D eigenvalue weighted by atomic mass is 10.2. The highest BCUT2D eigenvalue weighted by Crippen LogP contribution is 2.20. The molecule has 0 radical (unpaired) electrons. The maximum absolute atomic E-state index is 11.6. The molecule has 0 aliphatic carbocycles. The predicted molar refractivity (Wildman–Crippen MR) is 76.7 cm³/mol. The number of carbonyl (C=O) groups excluding carboxylic acids is 1. The van der Waals surface area contributed by atoms with Gasteiger partial charge < -0.3 is 4.90 Å². The lowest BCUT2D eigenvalue weighted by Gasteiger charge is -2.16. The van der Waals surface area contributed by atoms with Crippen LogP contribution < -0.4 is 4.90 Å². The van der Waals surface area contributed by atoms with E-state index in [1.54, 1.807) is 0 Å². The van der Waals surface area contributed by atoms with Crippen molar-refractivity contribution in [3.05, 3.63) is 36.2 Å². The Morgan fingerprint density at radius 2 is 1.75 bits per heavy atom. The molecule has 5 nitrogen and oxygen atoms in total. The van der Waals surface area contributed by atoms with E-state index in [2.05, 4.69) is 19.9 Å². The monoisotopic (exact) mass is 268 g/mol. The summed E-state index contributed by atoms with van der Waals surface area (Å²) < 4.78 is 0. The summed E-state index contributed by atoms with van der Waals surface area (Å²) in [5.74, 6) is 1.28. The third-order valence-electron chi connectivity index (χ3n) is 3.36. The Balaban J connectivity index is 2.07. The van der Waals surface area contributed by atoms with E-state index in [0.717, 1.165) is 31.5 Å². The molecule has 0 amide bonds. The van der Waals surface area contributed by atoms with Gasteiger partial charge >= 0.3 is 0 Å². The molecular formula is C15H16N4O. The van der Waals surface area contributed by atoms with Gasteiger partial charge in [-0.25, -0.2) is 4.98 Å². The van der Waals surface area contributed by atoms with Crippen molar-refractivity contribution in [2.24, 2.45) is 0 Å². The van der Waals surface area contributed by atoms with Crippen molar-refractivity contribution < 1.29 is 4.79 Å². The quantitative estimate of drug-likeness (QED) is 0.800. The molecular weight excluding hydrogens is 252 g/mol. The predicted octanol–water partition coefficient (Wildman–Crippen LogP) is 2.34. The highest BCUT2D eigenvalue weighted by molar-refractivity contribution is 5.90. The van der Waals surface area contributed by atoms with Gasteiger partial charge in [0.2, 0.25) is 11.8 Å². The van der Waals surface area contributed by atoms with Gasteiger partial charge in [-0.3, -0.25) is 4.79 Å². The van der Waals surface area contributed by atoms with Crippen LogP contribution in [0.3, 0.4) is 0 Å². The maximum Gasteiger partial charge on any atom is 0.229 e. The first kappa shape index (κ1) is 12.7. The smallest absolute Gasteiger partial charge is 0.229 e. The molecule has 0 unspecified atom stereocenters. The number of rotatable bonds is 3. The van der Waals surface area contributed by atoms with Gasteiger partial charge in [-0.05, 0) is 12.8 Å². The van der Waals surface area contributed by atoms with Gasteiger partial charge in [-0.15, -0.1) is 0 Å². The SMILES string of the molecule is CC(=O)c1nc(-c2ccccc2)nc(N2CCCC2)n1. The fourth-order valence-electron chi connectivity index (χ4n) is 2.30. The molecule has 0 atom stereocenters. The molecule has 0 saturated carbocycles. The summed E-state index contributed by atoms with van der Waals surface area (Å²) in [6.07, 6.45) is 2.28. The molecule has 1 aromatic heterocycles. The van der Waals surface area contributed by atoms with Crippen molar-refractivity contribution in [1.82, 2.24) is 15.0 Å². The summed E-state index contributed by atoms with van der Waals surface area (Å²) in [5.41, 5.74) is 0.901. The van der Waals surface area contributed by atoms with Crippen molar-refractivity contribution >= 4 is 11.7 Å². The molecule has 102 valence electrons. The summed E-state index contributed by atoms with van der Waals surface area (Å²) in [4.78, 5) is 26.8. The molecule has 1 fully saturated rings. The van der Waals surface area contributed by atoms with Gasteiger partial charge in [0.25, 0.3) is 0 Å². The Morgan fingerprint density at radius 3 is 2.40 bits per heavy atom. The Bertz CT molecular complexity index is 621. The number of carbonyl (C=O) groups is 1. The molecule has 20 heavy (non-hydrogen) atoms. The molecule has 0 N–H and O–H groups in total. The molecule has 2 heterocycles. The van der Waals surface area contributed by atoms with Crippen LogP contribution >= 0.6 is 0 Å². The summed E-state index contributed by atoms with van der Waals surface area (Å²) >= 11 is 0. The number of ketones is 1. The van der Waals surface area contributed by atoms with E-state index < -0.39 is 0 Å². The highest BCUT2D eigenvalue weighted by atomic mass is 16.1. The molecule has 0 bridgehead atoms. The third kappa shape index (κ3) is 2.52. The molecule has 5 heteroatoms. The van der Waals surface area contributed by atoms with E-state index in [-0.39, 0.29) is 11.6 Å². The van der Waals surface area contributed by atoms with E-state index >= 15 is 0 Å². The van der Waals surface area contributed by atoms with Crippen LogP contribution in [-0.2, 0) is 0 Å². The van der Waals surface area contributed by atoms with Gasteiger partial charge in [0, 0.05) is 25.6 Å². The topological polar surface area (TPSA) is 59.0 Å². The second-order valence-electron chi connectivity index (χ2n) is 4.90. The number of hydrogen-bond acceptors (Lipinski definition) is 5. The molecule has 1 saturated heterocycles. The van der Waals surface area contributed by atoms with Crippen LogP contribution in [0.1, 0.15) is 30.4 Å². The van der Waals surface area contributed by atoms with Crippen LogP contribution in [0.2, 0.25) is 0 Å². The molecule has 3 rings (SSSR count). The maximum atomic E-state index is 11.6. The Kier molecular flexibility index (Phi) is 3.41. The van der Waals surface area contributed by atoms with E-state index in [4.69, 9.17) is 0 Å². The number of aromatic nitrogens is 3. The molecule has 1 aliphatic heterocycles. The summed E-state index contributed by atoms with van der Waals surface area (Å²) in [6.45, 7) is 3.36. The zero-order chi connectivity index (χ0) is 13.9. The lowest BCUT2D eigenvalue weighted by molar-refractivity contribution is 0.100. The van der Waals surface area contributed by atoms with Crippen LogP contribution in [0.15, 0.2) is 30.3 Å². The van der Waals surface area contributed by atoms with Gasteiger partial charge in [-0.1, -0.05) is 30.3 Å². The largest absolute Gasteiger partial charge is 0.341 e. The number of hydrogen-bond donors (Lipinski definition) is 0. The Hall–Kier alpha value is -2.30. The average Bonchev–Trinajstić information content (AvgIpc) is 3.02. The first-order valence-electron chi connectivity index (χ1n) is 6.81. The van der Waals surface area contributed by atoms with Gasteiger partial charge in [0.1, 0.15) is 0 Å². The average molecular weight is 268 g/mol.